The average Bonchev–Trinajstić information content (AvgIpc) is 3.57. The molecule has 0 saturated carbocycles. The van der Waals surface area contributed by atoms with Gasteiger partial charge in [0.15, 0.2) is 5.58 Å². The number of nitrogens with zero attached hydrogens (tertiary/aromatic N) is 2. The number of benzene rings is 3. The second kappa shape index (κ2) is 10.8. The maximum atomic E-state index is 14.1. The SMILES string of the molecule is O=C(Nc1ccccc1F)N[C@@H](Cc1c[nH]c2ccccc12)C(=O)N1CCC(c2noc3cc(F)ccc23)CC1. The molecule has 10 heteroatoms. The molecule has 1 aliphatic rings. The zero-order valence-electron chi connectivity index (χ0n) is 21.5. The maximum absolute atomic E-state index is 14.1. The molecule has 3 aromatic carbocycles. The number of carbonyl (C=O) groups is 2. The van der Waals surface area contributed by atoms with Gasteiger partial charge in [0.2, 0.25) is 5.91 Å². The molecule has 3 N–H and O–H groups in total. The largest absolute Gasteiger partial charge is 0.361 e. The summed E-state index contributed by atoms with van der Waals surface area (Å²) >= 11 is 0. The lowest BCUT2D eigenvalue weighted by molar-refractivity contribution is -0.134. The Bertz CT molecular complexity index is 1690. The summed E-state index contributed by atoms with van der Waals surface area (Å²) < 4.78 is 33.0. The summed E-state index contributed by atoms with van der Waals surface area (Å²) in [5, 5.41) is 11.2. The molecule has 5 aromatic rings. The number of aromatic nitrogens is 2. The van der Waals surface area contributed by atoms with Crippen LogP contribution in [0.4, 0.5) is 19.3 Å². The lowest BCUT2D eigenvalue weighted by Gasteiger charge is -2.34. The molecular weight excluding hydrogens is 516 g/mol. The highest BCUT2D eigenvalue weighted by atomic mass is 19.1. The van der Waals surface area contributed by atoms with Gasteiger partial charge in [-0.2, -0.15) is 0 Å². The van der Waals surface area contributed by atoms with Crippen LogP contribution in [0.5, 0.6) is 0 Å². The number of hydrogen-bond acceptors (Lipinski definition) is 4. The molecule has 3 amide bonds. The molecule has 1 fully saturated rings. The Morgan fingerprint density at radius 2 is 1.80 bits per heavy atom. The fourth-order valence-electron chi connectivity index (χ4n) is 5.42. The van der Waals surface area contributed by atoms with E-state index in [0.29, 0.717) is 31.5 Å². The van der Waals surface area contributed by atoms with Gasteiger partial charge >= 0.3 is 6.03 Å². The third kappa shape index (κ3) is 5.12. The Hall–Kier alpha value is -4.73. The summed E-state index contributed by atoms with van der Waals surface area (Å²) in [4.78, 5) is 31.6. The number of fused-ring (bicyclic) bond motifs is 2. The molecule has 204 valence electrons. The van der Waals surface area contributed by atoms with Crippen molar-refractivity contribution in [3.8, 4) is 0 Å². The molecule has 0 spiro atoms. The second-order valence-electron chi connectivity index (χ2n) is 10.0. The Morgan fingerprint density at radius 1 is 1.02 bits per heavy atom. The van der Waals surface area contributed by atoms with E-state index in [0.717, 1.165) is 27.5 Å². The van der Waals surface area contributed by atoms with Crippen molar-refractivity contribution >= 4 is 39.5 Å². The molecule has 1 saturated heterocycles. The maximum Gasteiger partial charge on any atom is 0.319 e. The van der Waals surface area contributed by atoms with Gasteiger partial charge in [0, 0.05) is 54.0 Å². The molecule has 0 radical (unpaired) electrons. The summed E-state index contributed by atoms with van der Waals surface area (Å²) in [5.74, 6) is -1.12. The number of nitrogens with one attached hydrogen (secondary N) is 3. The van der Waals surface area contributed by atoms with Crippen LogP contribution in [0.3, 0.4) is 0 Å². The minimum absolute atomic E-state index is 0.0267. The van der Waals surface area contributed by atoms with Crippen LogP contribution in [0.1, 0.15) is 30.0 Å². The van der Waals surface area contributed by atoms with Gasteiger partial charge in [-0.25, -0.2) is 13.6 Å². The molecule has 1 atom stereocenters. The number of aromatic amines is 1. The third-order valence-electron chi connectivity index (χ3n) is 7.48. The number of amides is 3. The Balaban J connectivity index is 1.19. The van der Waals surface area contributed by atoms with E-state index in [1.54, 1.807) is 17.0 Å². The topological polar surface area (TPSA) is 103 Å². The van der Waals surface area contributed by atoms with Gasteiger partial charge in [-0.05, 0) is 48.7 Å². The first-order valence-corrected chi connectivity index (χ1v) is 13.2. The van der Waals surface area contributed by atoms with E-state index in [2.05, 4.69) is 20.8 Å². The minimum atomic E-state index is -0.876. The number of piperidine rings is 1. The first kappa shape index (κ1) is 25.5. The Labute approximate surface area is 228 Å². The quantitative estimate of drug-likeness (QED) is 0.255. The summed E-state index contributed by atoms with van der Waals surface area (Å²) in [6, 6.07) is 16.4. The molecule has 2 aromatic heterocycles. The van der Waals surface area contributed by atoms with Gasteiger partial charge in [0.25, 0.3) is 0 Å². The highest BCUT2D eigenvalue weighted by molar-refractivity contribution is 5.94. The number of H-pyrrole nitrogens is 1. The van der Waals surface area contributed by atoms with Crippen molar-refractivity contribution in [2.75, 3.05) is 18.4 Å². The number of urea groups is 1. The van der Waals surface area contributed by atoms with Crippen molar-refractivity contribution in [3.05, 3.63) is 95.8 Å². The summed E-state index contributed by atoms with van der Waals surface area (Å²) in [5.41, 5.74) is 3.01. The molecule has 40 heavy (non-hydrogen) atoms. The zero-order chi connectivity index (χ0) is 27.6. The Morgan fingerprint density at radius 3 is 2.62 bits per heavy atom. The molecule has 3 heterocycles. The number of para-hydroxylation sites is 2. The first-order valence-electron chi connectivity index (χ1n) is 13.2. The molecule has 0 aliphatic carbocycles. The molecule has 0 unspecified atom stereocenters. The first-order chi connectivity index (χ1) is 19.5. The van der Waals surface area contributed by atoms with Gasteiger partial charge in [-0.1, -0.05) is 35.5 Å². The fourth-order valence-corrected chi connectivity index (χ4v) is 5.42. The van der Waals surface area contributed by atoms with Crippen molar-refractivity contribution in [3.63, 3.8) is 0 Å². The van der Waals surface area contributed by atoms with E-state index in [1.807, 2.05) is 30.5 Å². The molecule has 0 bridgehead atoms. The van der Waals surface area contributed by atoms with E-state index in [-0.39, 0.29) is 29.8 Å². The van der Waals surface area contributed by atoms with Crippen molar-refractivity contribution in [1.29, 1.82) is 0 Å². The molecule has 1 aliphatic heterocycles. The van der Waals surface area contributed by atoms with E-state index >= 15 is 0 Å². The van der Waals surface area contributed by atoms with Crippen LogP contribution < -0.4 is 10.6 Å². The van der Waals surface area contributed by atoms with Crippen molar-refractivity contribution < 1.29 is 22.9 Å². The Kier molecular flexibility index (Phi) is 6.90. The van der Waals surface area contributed by atoms with Crippen molar-refractivity contribution in [1.82, 2.24) is 20.4 Å². The van der Waals surface area contributed by atoms with E-state index in [4.69, 9.17) is 4.52 Å². The number of likely N-dealkylation sites (tertiary alicyclic amines) is 1. The fraction of sp³-hybridized carbons (Fsp3) is 0.233. The number of carbonyl (C=O) groups excluding carboxylic acids is 2. The minimum Gasteiger partial charge on any atom is -0.361 e. The second-order valence-corrected chi connectivity index (χ2v) is 10.0. The van der Waals surface area contributed by atoms with Gasteiger partial charge in [-0.3, -0.25) is 4.79 Å². The van der Waals surface area contributed by atoms with Crippen LogP contribution in [-0.2, 0) is 11.2 Å². The van der Waals surface area contributed by atoms with Gasteiger partial charge < -0.3 is 25.0 Å². The van der Waals surface area contributed by atoms with Gasteiger partial charge in [-0.15, -0.1) is 0 Å². The molecule has 8 nitrogen and oxygen atoms in total. The van der Waals surface area contributed by atoms with Crippen LogP contribution >= 0.6 is 0 Å². The van der Waals surface area contributed by atoms with Gasteiger partial charge in [0.1, 0.15) is 17.7 Å². The van der Waals surface area contributed by atoms with E-state index < -0.39 is 17.9 Å². The van der Waals surface area contributed by atoms with Crippen molar-refractivity contribution in [2.24, 2.45) is 0 Å². The summed E-state index contributed by atoms with van der Waals surface area (Å²) in [7, 11) is 0. The van der Waals surface area contributed by atoms with Crippen LogP contribution in [0.2, 0.25) is 0 Å². The molecular formula is C30H27F2N5O3. The van der Waals surface area contributed by atoms with Crippen LogP contribution in [0.15, 0.2) is 77.4 Å². The summed E-state index contributed by atoms with van der Waals surface area (Å²) in [6.45, 7) is 0.917. The van der Waals surface area contributed by atoms with Gasteiger partial charge in [0.05, 0.1) is 11.4 Å². The van der Waals surface area contributed by atoms with Crippen LogP contribution in [0, 0.1) is 11.6 Å². The predicted octanol–water partition coefficient (Wildman–Crippen LogP) is 5.73. The lowest BCUT2D eigenvalue weighted by Crippen LogP contribution is -2.52. The van der Waals surface area contributed by atoms with Crippen LogP contribution in [-0.4, -0.2) is 46.1 Å². The average molecular weight is 544 g/mol. The van der Waals surface area contributed by atoms with E-state index in [9.17, 15) is 18.4 Å². The highest BCUT2D eigenvalue weighted by Crippen LogP contribution is 2.33. The number of anilines is 1. The summed E-state index contributed by atoms with van der Waals surface area (Å²) in [6.07, 6.45) is 3.39. The third-order valence-corrected chi connectivity index (χ3v) is 7.48. The highest BCUT2D eigenvalue weighted by Gasteiger charge is 2.32. The number of halogens is 2. The standard InChI is InChI=1S/C30H27F2N5O3/c31-20-9-10-22-27(16-20)40-36-28(22)18-11-13-37(14-12-18)29(38)26(15-19-17-33-24-7-3-1-5-21(19)24)35-30(39)34-25-8-4-2-6-23(25)32/h1-10,16-18,26,33H,11-15H2,(H2,34,35,39)/t26-/m0/s1. The van der Waals surface area contributed by atoms with Crippen molar-refractivity contribution in [2.45, 2.75) is 31.2 Å². The number of hydrogen-bond donors (Lipinski definition) is 3. The monoisotopic (exact) mass is 543 g/mol. The smallest absolute Gasteiger partial charge is 0.319 e. The normalized spacial score (nSPS) is 14.9. The predicted molar refractivity (Wildman–Crippen MR) is 147 cm³/mol. The molecule has 6 rings (SSSR count). The lowest BCUT2D eigenvalue weighted by atomic mass is 9.91. The zero-order valence-corrected chi connectivity index (χ0v) is 21.5. The van der Waals surface area contributed by atoms with Crippen LogP contribution in [0.25, 0.3) is 21.9 Å². The van der Waals surface area contributed by atoms with E-state index in [1.165, 1.54) is 30.3 Å². The number of rotatable bonds is 6.